The number of piperazine rings is 1. The largest absolute Gasteiger partial charge is 0.481 e. The fraction of sp³-hybridized carbons (Fsp3) is 0.471. The molecule has 1 N–H and O–H groups in total. The van der Waals surface area contributed by atoms with E-state index in [0.717, 1.165) is 44.3 Å². The van der Waals surface area contributed by atoms with Crippen LogP contribution < -0.4 is 10.3 Å². The molecule has 1 aliphatic carbocycles. The van der Waals surface area contributed by atoms with Gasteiger partial charge in [0.15, 0.2) is 0 Å². The van der Waals surface area contributed by atoms with E-state index in [-0.39, 0.29) is 34.5 Å². The molecular formula is C34H39ClFN5O4. The Hall–Kier alpha value is -3.76. The number of likely N-dealkylation sites (N-methyl/N-ethyl adjacent to an activating group) is 1. The minimum atomic E-state index is -0.830. The molecule has 3 heterocycles. The van der Waals surface area contributed by atoms with E-state index in [2.05, 4.69) is 17.1 Å². The highest BCUT2D eigenvalue weighted by Crippen LogP contribution is 2.39. The average molecular weight is 636 g/mol. The molecule has 0 radical (unpaired) electrons. The number of anilines is 1. The molecule has 0 amide bonds. The first-order valence-electron chi connectivity index (χ1n) is 15.9. The van der Waals surface area contributed by atoms with Gasteiger partial charge in [-0.2, -0.15) is 4.98 Å². The summed E-state index contributed by atoms with van der Waals surface area (Å²) in [5, 5.41) is 14.3. The molecule has 2 aliphatic rings. The number of carboxylic acid groups (broad SMARTS) is 1. The lowest BCUT2D eigenvalue weighted by Gasteiger charge is -2.34. The van der Waals surface area contributed by atoms with Gasteiger partial charge in [0.1, 0.15) is 5.82 Å². The molecule has 0 bridgehead atoms. The third kappa shape index (κ3) is 7.07. The number of aromatic nitrogens is 3. The Morgan fingerprint density at radius 1 is 1.11 bits per heavy atom. The van der Waals surface area contributed by atoms with Crippen molar-refractivity contribution in [1.82, 2.24) is 19.6 Å². The molecule has 2 aromatic carbocycles. The number of rotatable bonds is 10. The number of carboxylic acids is 1. The Kier molecular flexibility index (Phi) is 9.51. The zero-order chi connectivity index (χ0) is 31.5. The first-order chi connectivity index (χ1) is 21.8. The topological polar surface area (TPSA) is 105 Å². The average Bonchev–Trinajstić information content (AvgIpc) is 3.52. The van der Waals surface area contributed by atoms with Gasteiger partial charge in [-0.3, -0.25) is 9.59 Å². The lowest BCUT2D eigenvalue weighted by molar-refractivity contribution is -0.137. The number of nitrogens with zero attached hydrogens (tertiary/aromatic N) is 5. The van der Waals surface area contributed by atoms with Crippen molar-refractivity contribution < 1.29 is 18.8 Å². The minimum absolute atomic E-state index is 0.0754. The normalized spacial score (nSPS) is 17.2. The molecule has 1 saturated carbocycles. The van der Waals surface area contributed by atoms with Crippen LogP contribution in [0.2, 0.25) is 5.02 Å². The number of halogens is 2. The fourth-order valence-electron chi connectivity index (χ4n) is 6.83. The van der Waals surface area contributed by atoms with Gasteiger partial charge < -0.3 is 24.0 Å². The highest BCUT2D eigenvalue weighted by atomic mass is 35.5. The van der Waals surface area contributed by atoms with Gasteiger partial charge in [0.25, 0.3) is 0 Å². The summed E-state index contributed by atoms with van der Waals surface area (Å²) in [6.07, 6.45) is 8.40. The first-order valence-corrected chi connectivity index (χ1v) is 16.2. The number of hydrogen-bond donors (Lipinski definition) is 1. The van der Waals surface area contributed by atoms with Gasteiger partial charge >= 0.3 is 5.97 Å². The minimum Gasteiger partial charge on any atom is -0.481 e. The van der Waals surface area contributed by atoms with Crippen molar-refractivity contribution in [3.05, 3.63) is 75.1 Å². The summed E-state index contributed by atoms with van der Waals surface area (Å²) in [5.41, 5.74) is 1.92. The predicted octanol–water partition coefficient (Wildman–Crippen LogP) is 6.56. The third-order valence-corrected chi connectivity index (χ3v) is 9.64. The van der Waals surface area contributed by atoms with Crippen LogP contribution in [0.15, 0.2) is 51.9 Å². The monoisotopic (exact) mass is 635 g/mol. The molecule has 2 aromatic heterocycles. The van der Waals surface area contributed by atoms with Crippen LogP contribution in [-0.4, -0.2) is 63.9 Å². The molecule has 9 nitrogen and oxygen atoms in total. The number of aliphatic carboxylic acids is 1. The Morgan fingerprint density at radius 2 is 1.84 bits per heavy atom. The number of fused-ring (bicyclic) bond motifs is 1. The summed E-state index contributed by atoms with van der Waals surface area (Å²) in [6, 6.07) is 10.6. The third-order valence-electron chi connectivity index (χ3n) is 9.38. The molecule has 2 fully saturated rings. The molecule has 1 atom stereocenters. The van der Waals surface area contributed by atoms with E-state index in [0.29, 0.717) is 60.5 Å². The van der Waals surface area contributed by atoms with Crippen LogP contribution >= 0.6 is 11.6 Å². The quantitative estimate of drug-likeness (QED) is 0.209. The summed E-state index contributed by atoms with van der Waals surface area (Å²) in [4.78, 5) is 34.2. The molecule has 238 valence electrons. The molecule has 1 aliphatic heterocycles. The number of pyridine rings is 1. The van der Waals surface area contributed by atoms with Crippen molar-refractivity contribution in [2.45, 2.75) is 63.8 Å². The second-order valence-electron chi connectivity index (χ2n) is 12.5. The van der Waals surface area contributed by atoms with Gasteiger partial charge in [-0.25, -0.2) is 4.39 Å². The number of hydrogen-bond acceptors (Lipinski definition) is 7. The van der Waals surface area contributed by atoms with Crippen LogP contribution in [0, 0.1) is 11.7 Å². The van der Waals surface area contributed by atoms with E-state index in [4.69, 9.17) is 21.1 Å². The predicted molar refractivity (Wildman–Crippen MR) is 173 cm³/mol. The zero-order valence-electron chi connectivity index (χ0n) is 25.6. The number of carbonyl (C=O) groups is 1. The molecule has 45 heavy (non-hydrogen) atoms. The van der Waals surface area contributed by atoms with Crippen molar-refractivity contribution in [3.63, 3.8) is 0 Å². The van der Waals surface area contributed by atoms with Crippen molar-refractivity contribution in [3.8, 4) is 11.4 Å². The van der Waals surface area contributed by atoms with Crippen molar-refractivity contribution in [1.29, 1.82) is 0 Å². The Morgan fingerprint density at radius 3 is 2.56 bits per heavy atom. The Labute approximate surface area is 266 Å². The molecule has 1 saturated heterocycles. The molecule has 4 aromatic rings. The van der Waals surface area contributed by atoms with E-state index in [9.17, 15) is 14.7 Å². The fourth-order valence-corrected chi connectivity index (χ4v) is 6.96. The maximum Gasteiger partial charge on any atom is 0.303 e. The number of benzene rings is 2. The SMILES string of the molecule is CN1CCN(c2cc3c(cc2F)c(=O)c(-c2noc(C(CCCC(=O)O)C4CCCCC4)n2)cn3Cc2ccc(Cl)cc2)CC1. The molecule has 0 spiro atoms. The maximum absolute atomic E-state index is 15.7. The van der Waals surface area contributed by atoms with Crippen LogP contribution in [0.25, 0.3) is 22.3 Å². The Balaban J connectivity index is 1.41. The van der Waals surface area contributed by atoms with Gasteiger partial charge in [-0.15, -0.1) is 0 Å². The van der Waals surface area contributed by atoms with Crippen LogP contribution in [0.3, 0.4) is 0 Å². The highest BCUT2D eigenvalue weighted by Gasteiger charge is 2.30. The van der Waals surface area contributed by atoms with Crippen LogP contribution in [0.1, 0.15) is 68.7 Å². The molecule has 6 rings (SSSR count). The lowest BCUT2D eigenvalue weighted by atomic mass is 9.78. The summed E-state index contributed by atoms with van der Waals surface area (Å²) < 4.78 is 23.4. The summed E-state index contributed by atoms with van der Waals surface area (Å²) in [6.45, 7) is 3.45. The van der Waals surface area contributed by atoms with Crippen molar-refractivity contribution >= 4 is 34.2 Å². The Bertz CT molecular complexity index is 1710. The first kappa shape index (κ1) is 31.2. The van der Waals surface area contributed by atoms with E-state index < -0.39 is 11.8 Å². The summed E-state index contributed by atoms with van der Waals surface area (Å²) in [5.74, 6) is -0.438. The van der Waals surface area contributed by atoms with E-state index in [1.807, 2.05) is 33.7 Å². The van der Waals surface area contributed by atoms with Gasteiger partial charge in [0, 0.05) is 61.7 Å². The molecule has 11 heteroatoms. The lowest BCUT2D eigenvalue weighted by Crippen LogP contribution is -2.44. The molecular weight excluding hydrogens is 597 g/mol. The van der Waals surface area contributed by atoms with E-state index >= 15 is 4.39 Å². The molecule has 1 unspecified atom stereocenters. The zero-order valence-corrected chi connectivity index (χ0v) is 26.3. The summed E-state index contributed by atoms with van der Waals surface area (Å²) >= 11 is 6.15. The maximum atomic E-state index is 15.7. The van der Waals surface area contributed by atoms with Crippen LogP contribution in [-0.2, 0) is 11.3 Å². The van der Waals surface area contributed by atoms with Gasteiger partial charge in [0.05, 0.1) is 16.8 Å². The van der Waals surface area contributed by atoms with Crippen LogP contribution in [0.4, 0.5) is 10.1 Å². The van der Waals surface area contributed by atoms with Gasteiger partial charge in [-0.1, -0.05) is 48.2 Å². The smallest absolute Gasteiger partial charge is 0.303 e. The van der Waals surface area contributed by atoms with Gasteiger partial charge in [0.2, 0.25) is 17.1 Å². The summed E-state index contributed by atoms with van der Waals surface area (Å²) in [7, 11) is 2.05. The van der Waals surface area contributed by atoms with Gasteiger partial charge in [-0.05, 0) is 68.5 Å². The van der Waals surface area contributed by atoms with Crippen molar-refractivity contribution in [2.24, 2.45) is 5.92 Å². The second-order valence-corrected chi connectivity index (χ2v) is 12.9. The standard InChI is InChI=1S/C34H39ClFN5O4/c1-39-14-16-40(17-15-39)30-19-29-26(18-28(30)36)32(44)27(21-41(29)20-22-10-12-24(35)13-11-22)33-37-34(45-38-33)25(8-5-9-31(42)43)23-6-3-2-4-7-23/h10-13,18-19,21,23,25H,2-9,14-17,20H2,1H3,(H,42,43). The van der Waals surface area contributed by atoms with E-state index in [1.165, 1.54) is 12.5 Å². The second kappa shape index (κ2) is 13.7. The highest BCUT2D eigenvalue weighted by molar-refractivity contribution is 6.30. The van der Waals surface area contributed by atoms with E-state index in [1.54, 1.807) is 12.3 Å². The van der Waals surface area contributed by atoms with Crippen molar-refractivity contribution in [2.75, 3.05) is 38.1 Å². The van der Waals surface area contributed by atoms with Crippen LogP contribution in [0.5, 0.6) is 0 Å².